The van der Waals surface area contributed by atoms with Crippen molar-refractivity contribution in [3.63, 3.8) is 0 Å². The van der Waals surface area contributed by atoms with Gasteiger partial charge in [0.05, 0.1) is 13.2 Å². The van der Waals surface area contributed by atoms with E-state index in [9.17, 15) is 9.18 Å². The van der Waals surface area contributed by atoms with Crippen LogP contribution in [0.25, 0.3) is 0 Å². The first kappa shape index (κ1) is 9.19. The number of alkyl halides is 1. The van der Waals surface area contributed by atoms with Crippen molar-refractivity contribution in [1.82, 2.24) is 4.90 Å². The van der Waals surface area contributed by atoms with Gasteiger partial charge in [-0.05, 0) is 6.08 Å². The van der Waals surface area contributed by atoms with Gasteiger partial charge in [-0.1, -0.05) is 6.58 Å². The number of amides is 1. The Morgan fingerprint density at radius 1 is 1.75 bits per heavy atom. The maximum Gasteiger partial charge on any atom is 0.246 e. The number of likely N-dealkylation sites (tertiary alicyclic amines) is 1. The first-order valence-electron chi connectivity index (χ1n) is 3.85. The molecule has 0 aliphatic carbocycles. The Morgan fingerprint density at radius 2 is 2.42 bits per heavy atom. The van der Waals surface area contributed by atoms with E-state index < -0.39 is 12.1 Å². The molecule has 68 valence electrons. The van der Waals surface area contributed by atoms with Crippen LogP contribution in [-0.2, 0) is 4.79 Å². The quantitative estimate of drug-likeness (QED) is 0.595. The van der Waals surface area contributed by atoms with Gasteiger partial charge in [-0.25, -0.2) is 4.39 Å². The lowest BCUT2D eigenvalue weighted by Crippen LogP contribution is -2.27. The van der Waals surface area contributed by atoms with Gasteiger partial charge < -0.3 is 10.0 Å². The van der Waals surface area contributed by atoms with Gasteiger partial charge in [-0.15, -0.1) is 0 Å². The molecule has 0 saturated carbocycles. The summed E-state index contributed by atoms with van der Waals surface area (Å²) >= 11 is 0. The van der Waals surface area contributed by atoms with E-state index >= 15 is 0 Å². The summed E-state index contributed by atoms with van der Waals surface area (Å²) in [7, 11) is 0. The fraction of sp³-hybridized carbons (Fsp3) is 0.625. The first-order chi connectivity index (χ1) is 5.69. The molecule has 2 atom stereocenters. The highest BCUT2D eigenvalue weighted by Gasteiger charge is 2.33. The average Bonchev–Trinajstić information content (AvgIpc) is 2.45. The molecular weight excluding hydrogens is 161 g/mol. The molecule has 1 N–H and O–H groups in total. The summed E-state index contributed by atoms with van der Waals surface area (Å²) in [6.07, 6.45) is 0.0610. The number of rotatable bonds is 2. The number of aliphatic hydroxyl groups is 1. The number of hydrogen-bond acceptors (Lipinski definition) is 2. The zero-order valence-corrected chi connectivity index (χ0v) is 6.74. The molecule has 0 aromatic carbocycles. The Hall–Kier alpha value is -0.900. The largest absolute Gasteiger partial charge is 0.396 e. The second kappa shape index (κ2) is 3.67. The predicted octanol–water partition coefficient (Wildman–Crippen LogP) is -0.0388. The molecule has 0 bridgehead atoms. The molecule has 1 rings (SSSR count). The summed E-state index contributed by atoms with van der Waals surface area (Å²) in [5.74, 6) is -0.692. The number of hydrogen-bond donors (Lipinski definition) is 1. The summed E-state index contributed by atoms with van der Waals surface area (Å²) in [5.41, 5.74) is 0. The normalized spacial score (nSPS) is 29.0. The van der Waals surface area contributed by atoms with E-state index in [0.717, 1.165) is 6.08 Å². The second-order valence-corrected chi connectivity index (χ2v) is 2.91. The van der Waals surface area contributed by atoms with E-state index in [0.29, 0.717) is 6.54 Å². The third kappa shape index (κ3) is 1.64. The maximum absolute atomic E-state index is 12.9. The fourth-order valence-electron chi connectivity index (χ4n) is 1.31. The Labute approximate surface area is 70.5 Å². The number of nitrogens with zero attached hydrogens (tertiary/aromatic N) is 1. The standard InChI is InChI=1S/C8H12FNO2/c1-2-8(12)10-3-6(5-11)7(9)4-10/h2,6-7,11H,1,3-5H2/t6-,7+/m0/s1. The van der Waals surface area contributed by atoms with Crippen LogP contribution in [0.5, 0.6) is 0 Å². The molecule has 1 heterocycles. The van der Waals surface area contributed by atoms with Gasteiger partial charge in [0.2, 0.25) is 5.91 Å². The zero-order chi connectivity index (χ0) is 9.14. The minimum atomic E-state index is -1.10. The van der Waals surface area contributed by atoms with Crippen molar-refractivity contribution < 1.29 is 14.3 Å². The Bertz CT molecular complexity index is 195. The SMILES string of the molecule is C=CC(=O)N1C[C@@H](CO)[C@H](F)C1. The second-order valence-electron chi connectivity index (χ2n) is 2.91. The Morgan fingerprint density at radius 3 is 2.83 bits per heavy atom. The van der Waals surface area contributed by atoms with Crippen LogP contribution in [0, 0.1) is 5.92 Å². The predicted molar refractivity (Wildman–Crippen MR) is 42.2 cm³/mol. The molecule has 1 saturated heterocycles. The summed E-state index contributed by atoms with van der Waals surface area (Å²) in [5, 5.41) is 8.70. The van der Waals surface area contributed by atoms with E-state index in [-0.39, 0.29) is 19.1 Å². The van der Waals surface area contributed by atoms with Crippen molar-refractivity contribution in [2.45, 2.75) is 6.17 Å². The van der Waals surface area contributed by atoms with Gasteiger partial charge in [0.1, 0.15) is 6.17 Å². The van der Waals surface area contributed by atoms with E-state index in [1.807, 2.05) is 0 Å². The molecule has 12 heavy (non-hydrogen) atoms. The molecule has 0 spiro atoms. The molecule has 1 amide bonds. The highest BCUT2D eigenvalue weighted by molar-refractivity contribution is 5.87. The molecule has 4 heteroatoms. The van der Waals surface area contributed by atoms with E-state index in [1.54, 1.807) is 0 Å². The third-order valence-electron chi connectivity index (χ3n) is 2.08. The third-order valence-corrected chi connectivity index (χ3v) is 2.08. The molecule has 1 aliphatic rings. The number of carbonyl (C=O) groups excluding carboxylic acids is 1. The highest BCUT2D eigenvalue weighted by Crippen LogP contribution is 2.19. The minimum absolute atomic E-state index is 0.0794. The molecule has 0 aromatic rings. The number of carbonyl (C=O) groups is 1. The van der Waals surface area contributed by atoms with Crippen molar-refractivity contribution in [1.29, 1.82) is 0 Å². The minimum Gasteiger partial charge on any atom is -0.396 e. The van der Waals surface area contributed by atoms with Crippen LogP contribution in [0.3, 0.4) is 0 Å². The van der Waals surface area contributed by atoms with Crippen molar-refractivity contribution in [3.8, 4) is 0 Å². The number of halogens is 1. The first-order valence-corrected chi connectivity index (χ1v) is 3.85. The summed E-state index contributed by atoms with van der Waals surface area (Å²) in [4.78, 5) is 12.3. The van der Waals surface area contributed by atoms with Gasteiger partial charge in [0.15, 0.2) is 0 Å². The van der Waals surface area contributed by atoms with Crippen molar-refractivity contribution in [2.75, 3.05) is 19.7 Å². The molecule has 0 radical (unpaired) electrons. The van der Waals surface area contributed by atoms with Crippen LogP contribution in [0.1, 0.15) is 0 Å². The monoisotopic (exact) mass is 173 g/mol. The molecule has 0 unspecified atom stereocenters. The summed E-state index contributed by atoms with van der Waals surface area (Å²) < 4.78 is 12.9. The highest BCUT2D eigenvalue weighted by atomic mass is 19.1. The lowest BCUT2D eigenvalue weighted by molar-refractivity contribution is -0.125. The summed E-state index contributed by atoms with van der Waals surface area (Å²) in [6, 6.07) is 0. The molecular formula is C8H12FNO2. The fourth-order valence-corrected chi connectivity index (χ4v) is 1.31. The molecule has 0 aromatic heterocycles. The van der Waals surface area contributed by atoms with Gasteiger partial charge in [0.25, 0.3) is 0 Å². The van der Waals surface area contributed by atoms with Crippen LogP contribution >= 0.6 is 0 Å². The van der Waals surface area contributed by atoms with Crippen LogP contribution in [0.2, 0.25) is 0 Å². The van der Waals surface area contributed by atoms with E-state index in [2.05, 4.69) is 6.58 Å². The van der Waals surface area contributed by atoms with Crippen molar-refractivity contribution in [2.24, 2.45) is 5.92 Å². The van der Waals surface area contributed by atoms with Gasteiger partial charge in [-0.3, -0.25) is 4.79 Å². The maximum atomic E-state index is 12.9. The van der Waals surface area contributed by atoms with Gasteiger partial charge in [-0.2, -0.15) is 0 Å². The van der Waals surface area contributed by atoms with Crippen molar-refractivity contribution >= 4 is 5.91 Å². The zero-order valence-electron chi connectivity index (χ0n) is 6.74. The number of aliphatic hydroxyl groups excluding tert-OH is 1. The molecule has 1 aliphatic heterocycles. The molecule has 1 fully saturated rings. The molecule has 3 nitrogen and oxygen atoms in total. The van der Waals surface area contributed by atoms with E-state index in [1.165, 1.54) is 4.90 Å². The topological polar surface area (TPSA) is 40.5 Å². The Kier molecular flexibility index (Phi) is 2.81. The van der Waals surface area contributed by atoms with E-state index in [4.69, 9.17) is 5.11 Å². The van der Waals surface area contributed by atoms with Gasteiger partial charge >= 0.3 is 0 Å². The van der Waals surface area contributed by atoms with Crippen LogP contribution in [0.15, 0.2) is 12.7 Å². The lowest BCUT2D eigenvalue weighted by Gasteiger charge is -2.11. The lowest BCUT2D eigenvalue weighted by atomic mass is 10.1. The Balaban J connectivity index is 2.53. The van der Waals surface area contributed by atoms with Crippen LogP contribution < -0.4 is 0 Å². The summed E-state index contributed by atoms with van der Waals surface area (Å²) in [6.45, 7) is 3.47. The smallest absolute Gasteiger partial charge is 0.246 e. The average molecular weight is 173 g/mol. The van der Waals surface area contributed by atoms with Crippen molar-refractivity contribution in [3.05, 3.63) is 12.7 Å². The van der Waals surface area contributed by atoms with Crippen LogP contribution in [-0.4, -0.2) is 41.8 Å². The van der Waals surface area contributed by atoms with Crippen LogP contribution in [0.4, 0.5) is 4.39 Å². The van der Waals surface area contributed by atoms with Gasteiger partial charge in [0, 0.05) is 12.5 Å².